The smallest absolute Gasteiger partial charge is 0.323 e. The van der Waals surface area contributed by atoms with E-state index in [1.807, 2.05) is 0 Å². The van der Waals surface area contributed by atoms with E-state index in [9.17, 15) is 9.18 Å². The lowest BCUT2D eigenvalue weighted by atomic mass is 10.0. The quantitative estimate of drug-likeness (QED) is 0.866. The van der Waals surface area contributed by atoms with E-state index < -0.39 is 6.17 Å². The second-order valence-electron chi connectivity index (χ2n) is 6.19. The lowest BCUT2D eigenvalue weighted by Gasteiger charge is -2.17. The molecule has 0 radical (unpaired) electrons. The summed E-state index contributed by atoms with van der Waals surface area (Å²) in [5, 5.41) is 2.75. The molecular formula is C18H17FN6O. The summed E-state index contributed by atoms with van der Waals surface area (Å²) in [6.45, 7) is 0.850. The van der Waals surface area contributed by atoms with Gasteiger partial charge in [-0.05, 0) is 23.8 Å². The van der Waals surface area contributed by atoms with Gasteiger partial charge in [-0.15, -0.1) is 0 Å². The molecule has 132 valence electrons. The van der Waals surface area contributed by atoms with Crippen LogP contribution in [-0.4, -0.2) is 32.1 Å². The highest BCUT2D eigenvalue weighted by atomic mass is 19.1. The van der Waals surface area contributed by atoms with Crippen molar-refractivity contribution in [1.82, 2.24) is 19.9 Å². The number of nitrogens with one attached hydrogen (secondary N) is 1. The Kier molecular flexibility index (Phi) is 4.08. The number of anilines is 2. The monoisotopic (exact) mass is 352 g/mol. The van der Waals surface area contributed by atoms with E-state index in [1.165, 1.54) is 12.4 Å². The van der Waals surface area contributed by atoms with E-state index >= 15 is 0 Å². The van der Waals surface area contributed by atoms with Crippen LogP contribution < -0.4 is 11.1 Å². The Morgan fingerprint density at radius 2 is 2.23 bits per heavy atom. The number of hydrogen-bond donors (Lipinski definition) is 2. The van der Waals surface area contributed by atoms with Crippen LogP contribution in [0.25, 0.3) is 5.57 Å². The summed E-state index contributed by atoms with van der Waals surface area (Å²) in [6.07, 6.45) is 7.49. The first-order valence-corrected chi connectivity index (χ1v) is 8.23. The number of halogens is 1. The number of hydrogen-bond acceptors (Lipinski definition) is 5. The predicted octanol–water partition coefficient (Wildman–Crippen LogP) is 2.68. The number of pyridine rings is 1. The number of nitrogens with two attached hydrogens (primary N) is 1. The largest absolute Gasteiger partial charge is 0.396 e. The number of allylic oxidation sites excluding steroid dienone is 4. The molecule has 3 heterocycles. The molecule has 1 aliphatic heterocycles. The third kappa shape index (κ3) is 3.13. The Morgan fingerprint density at radius 1 is 1.35 bits per heavy atom. The number of rotatable bonds is 2. The summed E-state index contributed by atoms with van der Waals surface area (Å²) in [4.78, 5) is 26.8. The highest BCUT2D eigenvalue weighted by molar-refractivity contribution is 5.92. The van der Waals surface area contributed by atoms with Gasteiger partial charge in [-0.2, -0.15) is 0 Å². The van der Waals surface area contributed by atoms with Gasteiger partial charge in [0, 0.05) is 18.2 Å². The molecule has 1 unspecified atom stereocenters. The summed E-state index contributed by atoms with van der Waals surface area (Å²) in [5.41, 5.74) is 9.52. The Balaban J connectivity index is 1.51. The minimum atomic E-state index is -0.966. The Morgan fingerprint density at radius 3 is 3.00 bits per heavy atom. The van der Waals surface area contributed by atoms with Crippen LogP contribution in [0, 0.1) is 0 Å². The zero-order valence-corrected chi connectivity index (χ0v) is 13.9. The maximum Gasteiger partial charge on any atom is 0.323 e. The van der Waals surface area contributed by atoms with Gasteiger partial charge in [0.25, 0.3) is 0 Å². The van der Waals surface area contributed by atoms with Gasteiger partial charge in [0.2, 0.25) is 0 Å². The van der Waals surface area contributed by atoms with E-state index in [0.29, 0.717) is 30.9 Å². The molecule has 0 fully saturated rings. The molecule has 0 spiro atoms. The van der Waals surface area contributed by atoms with Crippen LogP contribution in [-0.2, 0) is 13.1 Å². The molecule has 1 atom stereocenters. The number of carbonyl (C=O) groups excluding carboxylic acids is 1. The molecule has 4 rings (SSSR count). The first-order chi connectivity index (χ1) is 12.6. The summed E-state index contributed by atoms with van der Waals surface area (Å²) in [6, 6.07) is 3.12. The zero-order chi connectivity index (χ0) is 18.1. The highest BCUT2D eigenvalue weighted by Crippen LogP contribution is 2.26. The number of aromatic nitrogens is 3. The lowest BCUT2D eigenvalue weighted by molar-refractivity contribution is 0.212. The van der Waals surface area contributed by atoms with Crippen molar-refractivity contribution in [1.29, 1.82) is 0 Å². The van der Waals surface area contributed by atoms with Crippen LogP contribution in [0.2, 0.25) is 0 Å². The summed E-state index contributed by atoms with van der Waals surface area (Å²) < 4.78 is 13.2. The number of alkyl halides is 1. The standard InChI is InChI=1S/C18H17FN6O/c19-13-3-1-11(2-4-13)15-6-5-14(20)17(23-15)24-18(26)25-8-12-7-21-10-22-16(12)9-25/h1-3,5-7,10,13H,4,8-9,20H2,(H,23,24,26). The van der Waals surface area contributed by atoms with Crippen LogP contribution in [0.15, 0.2) is 42.9 Å². The lowest BCUT2D eigenvalue weighted by Crippen LogP contribution is -2.31. The number of carbonyl (C=O) groups is 1. The third-order valence-electron chi connectivity index (χ3n) is 4.37. The fourth-order valence-corrected chi connectivity index (χ4v) is 2.94. The molecule has 3 N–H and O–H groups in total. The van der Waals surface area contributed by atoms with Crippen LogP contribution in [0.4, 0.5) is 20.7 Å². The summed E-state index contributed by atoms with van der Waals surface area (Å²) in [7, 11) is 0. The maximum absolute atomic E-state index is 13.2. The van der Waals surface area contributed by atoms with E-state index in [1.54, 1.807) is 35.4 Å². The van der Waals surface area contributed by atoms with Gasteiger partial charge in [0.05, 0.1) is 30.2 Å². The number of urea groups is 1. The minimum Gasteiger partial charge on any atom is -0.396 e. The van der Waals surface area contributed by atoms with E-state index in [2.05, 4.69) is 20.3 Å². The van der Waals surface area contributed by atoms with Crippen molar-refractivity contribution in [3.05, 3.63) is 59.8 Å². The van der Waals surface area contributed by atoms with Crippen molar-refractivity contribution < 1.29 is 9.18 Å². The fourth-order valence-electron chi connectivity index (χ4n) is 2.94. The zero-order valence-electron chi connectivity index (χ0n) is 13.9. The van der Waals surface area contributed by atoms with Crippen molar-refractivity contribution in [2.24, 2.45) is 0 Å². The van der Waals surface area contributed by atoms with Crippen molar-refractivity contribution in [2.75, 3.05) is 11.1 Å². The number of nitrogen functional groups attached to an aromatic ring is 1. The second-order valence-corrected chi connectivity index (χ2v) is 6.19. The van der Waals surface area contributed by atoms with Crippen molar-refractivity contribution in [2.45, 2.75) is 25.7 Å². The highest BCUT2D eigenvalue weighted by Gasteiger charge is 2.25. The molecule has 2 amide bonds. The number of amides is 2. The van der Waals surface area contributed by atoms with Crippen LogP contribution in [0.3, 0.4) is 0 Å². The van der Waals surface area contributed by atoms with Crippen molar-refractivity contribution in [3.8, 4) is 0 Å². The van der Waals surface area contributed by atoms with Crippen molar-refractivity contribution in [3.63, 3.8) is 0 Å². The molecule has 1 aliphatic carbocycles. The first kappa shape index (κ1) is 16.2. The molecular weight excluding hydrogens is 335 g/mol. The Labute approximate surface area is 149 Å². The average molecular weight is 352 g/mol. The molecule has 26 heavy (non-hydrogen) atoms. The molecule has 2 aromatic heterocycles. The molecule has 8 heteroatoms. The van der Waals surface area contributed by atoms with Gasteiger partial charge in [-0.3, -0.25) is 5.32 Å². The topological polar surface area (TPSA) is 97.0 Å². The minimum absolute atomic E-state index is 0.284. The molecule has 0 bridgehead atoms. The number of nitrogens with zero attached hydrogens (tertiary/aromatic N) is 4. The molecule has 2 aromatic rings. The molecule has 0 saturated heterocycles. The Hall–Kier alpha value is -3.29. The van der Waals surface area contributed by atoms with Gasteiger partial charge >= 0.3 is 6.03 Å². The summed E-state index contributed by atoms with van der Waals surface area (Å²) >= 11 is 0. The van der Waals surface area contributed by atoms with Gasteiger partial charge in [0.1, 0.15) is 12.5 Å². The third-order valence-corrected chi connectivity index (χ3v) is 4.37. The molecule has 7 nitrogen and oxygen atoms in total. The SMILES string of the molecule is Nc1ccc(C2=CCC(F)C=C2)nc1NC(=O)N1Cc2cncnc2C1. The summed E-state index contributed by atoms with van der Waals surface area (Å²) in [5.74, 6) is 0.284. The second kappa shape index (κ2) is 6.55. The predicted molar refractivity (Wildman–Crippen MR) is 95.6 cm³/mol. The van der Waals surface area contributed by atoms with Gasteiger partial charge in [-0.1, -0.05) is 12.2 Å². The van der Waals surface area contributed by atoms with Gasteiger partial charge in [-0.25, -0.2) is 24.1 Å². The van der Waals surface area contributed by atoms with Gasteiger partial charge in [0.15, 0.2) is 5.82 Å². The average Bonchev–Trinajstić information content (AvgIpc) is 3.09. The van der Waals surface area contributed by atoms with Crippen LogP contribution >= 0.6 is 0 Å². The van der Waals surface area contributed by atoms with Crippen LogP contribution in [0.5, 0.6) is 0 Å². The normalized spacial score (nSPS) is 18.4. The van der Waals surface area contributed by atoms with E-state index in [-0.39, 0.29) is 11.8 Å². The van der Waals surface area contributed by atoms with Gasteiger partial charge < -0.3 is 10.6 Å². The number of fused-ring (bicyclic) bond motifs is 1. The van der Waals surface area contributed by atoms with E-state index in [0.717, 1.165) is 16.8 Å². The Bertz CT molecular complexity index is 901. The van der Waals surface area contributed by atoms with Crippen LogP contribution in [0.1, 0.15) is 23.4 Å². The first-order valence-electron chi connectivity index (χ1n) is 8.23. The molecule has 0 aromatic carbocycles. The fraction of sp³-hybridized carbons (Fsp3) is 0.222. The molecule has 2 aliphatic rings. The molecule has 0 saturated carbocycles. The van der Waals surface area contributed by atoms with E-state index in [4.69, 9.17) is 5.73 Å². The van der Waals surface area contributed by atoms with Crippen molar-refractivity contribution >= 4 is 23.1 Å². The maximum atomic E-state index is 13.2.